The summed E-state index contributed by atoms with van der Waals surface area (Å²) >= 11 is 5.46. The third-order valence-corrected chi connectivity index (χ3v) is 5.60. The van der Waals surface area contributed by atoms with E-state index in [9.17, 15) is 4.79 Å². The first-order valence-corrected chi connectivity index (χ1v) is 6.83. The maximum absolute atomic E-state index is 11.6. The third-order valence-electron chi connectivity index (χ3n) is 2.73. The Morgan fingerprint density at radius 2 is 2.00 bits per heavy atom. The van der Waals surface area contributed by atoms with Gasteiger partial charge in [0.15, 0.2) is 5.60 Å². The highest BCUT2D eigenvalue weighted by molar-refractivity contribution is 14.1. The average molecular weight is 393 g/mol. The Morgan fingerprint density at radius 1 is 1.38 bits per heavy atom. The van der Waals surface area contributed by atoms with Crippen LogP contribution in [-0.4, -0.2) is 5.97 Å². The number of cyclic esters (lactones) is 1. The van der Waals surface area contributed by atoms with Crippen molar-refractivity contribution in [1.29, 1.82) is 0 Å². The average Bonchev–Trinajstić information content (AvgIpc) is 2.55. The molecule has 1 aromatic carbocycles. The number of ether oxygens (including phenoxy) is 1. The molecule has 1 aromatic rings. The summed E-state index contributed by atoms with van der Waals surface area (Å²) in [5, 5.41) is 0. The monoisotopic (exact) mass is 392 g/mol. The van der Waals surface area contributed by atoms with Crippen LogP contribution in [0, 0.1) is 0 Å². The first-order valence-electron chi connectivity index (χ1n) is 4.96. The summed E-state index contributed by atoms with van der Waals surface area (Å²) < 4.78 is 7.00. The van der Waals surface area contributed by atoms with E-state index in [0.717, 1.165) is 15.6 Å². The van der Waals surface area contributed by atoms with Crippen molar-refractivity contribution < 1.29 is 9.53 Å². The van der Waals surface area contributed by atoms with Gasteiger partial charge in [0, 0.05) is 5.56 Å². The number of esters is 1. The van der Waals surface area contributed by atoms with E-state index < -0.39 is 5.60 Å². The van der Waals surface area contributed by atoms with E-state index in [1.165, 1.54) is 0 Å². The van der Waals surface area contributed by atoms with Crippen LogP contribution >= 0.6 is 38.5 Å². The van der Waals surface area contributed by atoms with Gasteiger partial charge < -0.3 is 4.74 Å². The number of hydrogen-bond donors (Lipinski definition) is 0. The molecule has 0 fully saturated rings. The quantitative estimate of drug-likeness (QED) is 0.563. The molecule has 0 aromatic heterocycles. The first-order chi connectivity index (χ1) is 7.62. The van der Waals surface area contributed by atoms with Gasteiger partial charge in [-0.3, -0.25) is 0 Å². The van der Waals surface area contributed by atoms with E-state index in [-0.39, 0.29) is 5.97 Å². The fraction of sp³-hybridized carbons (Fsp3) is 0.250. The van der Waals surface area contributed by atoms with Crippen molar-refractivity contribution in [3.8, 4) is 0 Å². The lowest BCUT2D eigenvalue weighted by Crippen LogP contribution is -2.26. The van der Waals surface area contributed by atoms with Gasteiger partial charge in [0.1, 0.15) is 4.48 Å². The van der Waals surface area contributed by atoms with Crippen molar-refractivity contribution in [3.63, 3.8) is 0 Å². The molecule has 16 heavy (non-hydrogen) atoms. The van der Waals surface area contributed by atoms with Crippen LogP contribution in [0.2, 0.25) is 0 Å². The zero-order valence-electron chi connectivity index (χ0n) is 8.67. The van der Waals surface area contributed by atoms with Crippen LogP contribution in [0.25, 0.3) is 0 Å². The predicted octanol–water partition coefficient (Wildman–Crippen LogP) is 3.89. The van der Waals surface area contributed by atoms with Gasteiger partial charge in [-0.2, -0.15) is 0 Å². The van der Waals surface area contributed by atoms with Crippen LogP contribution in [0.5, 0.6) is 0 Å². The second-order valence-electron chi connectivity index (χ2n) is 3.56. The van der Waals surface area contributed by atoms with Crippen molar-refractivity contribution in [3.05, 3.63) is 44.0 Å². The van der Waals surface area contributed by atoms with E-state index in [1.54, 1.807) is 0 Å². The van der Waals surface area contributed by atoms with Crippen LogP contribution in [0.4, 0.5) is 0 Å². The van der Waals surface area contributed by atoms with Gasteiger partial charge >= 0.3 is 5.97 Å². The third kappa shape index (κ3) is 1.72. The Kier molecular flexibility index (Phi) is 3.39. The Hall–Kier alpha value is -0.360. The molecule has 1 atom stereocenters. The smallest absolute Gasteiger partial charge is 0.347 e. The van der Waals surface area contributed by atoms with E-state index in [0.29, 0.717) is 4.48 Å². The summed E-state index contributed by atoms with van der Waals surface area (Å²) in [5.41, 5.74) is 0.419. The summed E-state index contributed by atoms with van der Waals surface area (Å²) in [5.74, 6) is -0.282. The largest absolute Gasteiger partial charge is 0.445 e. The zero-order chi connectivity index (χ0) is 11.8. The molecule has 1 unspecified atom stereocenters. The summed E-state index contributed by atoms with van der Waals surface area (Å²) in [6, 6.07) is 9.84. The molecule has 1 heterocycles. The molecule has 0 radical (unpaired) electrons. The molecule has 4 heteroatoms. The number of benzene rings is 1. The molecule has 2 rings (SSSR count). The highest BCUT2D eigenvalue weighted by Crippen LogP contribution is 2.48. The molecule has 1 aliphatic heterocycles. The van der Waals surface area contributed by atoms with Crippen molar-refractivity contribution in [2.75, 3.05) is 0 Å². The Morgan fingerprint density at radius 3 is 2.44 bits per heavy atom. The van der Waals surface area contributed by atoms with Crippen LogP contribution in [0.15, 0.2) is 38.4 Å². The topological polar surface area (TPSA) is 26.3 Å². The van der Waals surface area contributed by atoms with Crippen LogP contribution in [0.1, 0.15) is 18.9 Å². The highest BCUT2D eigenvalue weighted by Gasteiger charge is 2.45. The molecule has 2 nitrogen and oxygen atoms in total. The number of carbonyl (C=O) groups excluding carboxylic acids is 1. The van der Waals surface area contributed by atoms with Crippen molar-refractivity contribution in [2.24, 2.45) is 0 Å². The van der Waals surface area contributed by atoms with E-state index in [4.69, 9.17) is 4.74 Å². The molecule has 0 aliphatic carbocycles. The molecular formula is C12H10BrIO2. The number of carbonyl (C=O) groups is 1. The lowest BCUT2D eigenvalue weighted by atomic mass is 9.91. The molecule has 84 valence electrons. The Bertz CT molecular complexity index is 455. The second-order valence-corrected chi connectivity index (χ2v) is 5.44. The molecule has 1 aliphatic rings. The predicted molar refractivity (Wildman–Crippen MR) is 74.5 cm³/mol. The Balaban J connectivity index is 2.56. The van der Waals surface area contributed by atoms with Gasteiger partial charge in [0.05, 0.1) is 3.58 Å². The minimum absolute atomic E-state index is 0.282. The normalized spacial score (nSPS) is 24.8. The number of hydrogen-bond acceptors (Lipinski definition) is 2. The lowest BCUT2D eigenvalue weighted by molar-refractivity contribution is -0.146. The summed E-state index contributed by atoms with van der Waals surface area (Å²) in [4.78, 5) is 11.6. The standard InChI is InChI=1S/C12H10BrIO2/c1-2-12(8-6-4-3-5-7-8)10(14)9(13)11(15)16-12/h3-7H,2H2,1H3. The van der Waals surface area contributed by atoms with Crippen molar-refractivity contribution >= 4 is 44.5 Å². The maximum Gasteiger partial charge on any atom is 0.347 e. The van der Waals surface area contributed by atoms with Gasteiger partial charge in [0.2, 0.25) is 0 Å². The van der Waals surface area contributed by atoms with E-state index in [2.05, 4.69) is 38.5 Å². The molecule has 0 bridgehead atoms. The molecular weight excluding hydrogens is 383 g/mol. The van der Waals surface area contributed by atoms with Crippen molar-refractivity contribution in [2.45, 2.75) is 18.9 Å². The van der Waals surface area contributed by atoms with E-state index in [1.807, 2.05) is 37.3 Å². The lowest BCUT2D eigenvalue weighted by Gasteiger charge is -2.27. The fourth-order valence-electron chi connectivity index (χ4n) is 1.84. The maximum atomic E-state index is 11.6. The van der Waals surface area contributed by atoms with Crippen molar-refractivity contribution in [1.82, 2.24) is 0 Å². The van der Waals surface area contributed by atoms with Crippen LogP contribution < -0.4 is 0 Å². The number of halogens is 2. The first kappa shape index (κ1) is 12.1. The van der Waals surface area contributed by atoms with Gasteiger partial charge in [-0.1, -0.05) is 37.3 Å². The van der Waals surface area contributed by atoms with Gasteiger partial charge in [-0.15, -0.1) is 0 Å². The van der Waals surface area contributed by atoms with Gasteiger partial charge in [-0.25, -0.2) is 4.79 Å². The fourth-order valence-corrected chi connectivity index (χ4v) is 3.26. The second kappa shape index (κ2) is 4.49. The highest BCUT2D eigenvalue weighted by atomic mass is 127. The minimum Gasteiger partial charge on any atom is -0.445 e. The summed E-state index contributed by atoms with van der Waals surface area (Å²) in [6.07, 6.45) is 0.732. The minimum atomic E-state index is -0.599. The van der Waals surface area contributed by atoms with Crippen LogP contribution in [0.3, 0.4) is 0 Å². The summed E-state index contributed by atoms with van der Waals surface area (Å²) in [6.45, 7) is 2.02. The van der Waals surface area contributed by atoms with Gasteiger partial charge in [-0.05, 0) is 44.9 Å². The molecule has 0 amide bonds. The SMILES string of the molecule is CCC1(c2ccccc2)OC(=O)C(Br)=C1I. The molecule has 0 saturated heterocycles. The summed E-state index contributed by atoms with van der Waals surface area (Å²) in [7, 11) is 0. The van der Waals surface area contributed by atoms with Crippen LogP contribution in [-0.2, 0) is 15.1 Å². The molecule has 0 N–H and O–H groups in total. The molecule has 0 saturated carbocycles. The Labute approximate surface area is 116 Å². The zero-order valence-corrected chi connectivity index (χ0v) is 12.4. The molecule has 0 spiro atoms. The van der Waals surface area contributed by atoms with E-state index >= 15 is 0 Å². The number of rotatable bonds is 2. The van der Waals surface area contributed by atoms with Gasteiger partial charge in [0.25, 0.3) is 0 Å².